The van der Waals surface area contributed by atoms with Gasteiger partial charge in [-0.3, -0.25) is 0 Å². The average molecular weight is 345 g/mol. The first kappa shape index (κ1) is 16.8. The Bertz CT molecular complexity index is 795. The highest BCUT2D eigenvalue weighted by molar-refractivity contribution is 6.31. The minimum Gasteiger partial charge on any atom is -0.492 e. The number of nitrogens with zero attached hydrogens (tertiary/aromatic N) is 2. The van der Waals surface area contributed by atoms with Gasteiger partial charge in [0, 0.05) is 17.1 Å². The Labute approximate surface area is 147 Å². The zero-order valence-corrected chi connectivity index (χ0v) is 14.7. The Morgan fingerprint density at radius 2 is 1.83 bits per heavy atom. The fourth-order valence-corrected chi connectivity index (χ4v) is 2.72. The van der Waals surface area contributed by atoms with E-state index in [1.807, 2.05) is 30.3 Å². The molecule has 0 aliphatic heterocycles. The van der Waals surface area contributed by atoms with E-state index < -0.39 is 0 Å². The van der Waals surface area contributed by atoms with Crippen molar-refractivity contribution in [1.29, 1.82) is 0 Å². The number of hydrogen-bond acceptors (Lipinski definition) is 4. The molecule has 0 aliphatic carbocycles. The number of rotatable bonds is 7. The number of oxazole rings is 1. The monoisotopic (exact) mass is 344 g/mol. The molecular weight excluding hydrogens is 324 g/mol. The molecule has 1 aromatic heterocycles. The van der Waals surface area contributed by atoms with Crippen molar-refractivity contribution in [2.45, 2.75) is 13.8 Å². The first-order chi connectivity index (χ1) is 11.7. The lowest BCUT2D eigenvalue weighted by Crippen LogP contribution is -2.27. The van der Waals surface area contributed by atoms with Crippen LogP contribution < -0.4 is 4.74 Å². The summed E-state index contributed by atoms with van der Waals surface area (Å²) < 4.78 is 11.6. The average Bonchev–Trinajstić information content (AvgIpc) is 3.02. The molecule has 2 aromatic carbocycles. The van der Waals surface area contributed by atoms with Crippen molar-refractivity contribution in [1.82, 2.24) is 9.88 Å². The normalized spacial score (nSPS) is 11.3. The predicted octanol–water partition coefficient (Wildman–Crippen LogP) is 4.87. The van der Waals surface area contributed by atoms with Crippen LogP contribution in [-0.2, 0) is 0 Å². The topological polar surface area (TPSA) is 38.5 Å². The Morgan fingerprint density at radius 3 is 2.54 bits per heavy atom. The number of likely N-dealkylation sites (N-methyl/N-ethyl adjacent to an activating group) is 1. The SMILES string of the molecule is CCN(CC)CCOc1ccc(-c2nc3cc(Cl)ccc3o2)cc1. The third-order valence-electron chi connectivity index (χ3n) is 4.02. The zero-order valence-electron chi connectivity index (χ0n) is 14.0. The number of halogens is 1. The van der Waals surface area contributed by atoms with E-state index in [4.69, 9.17) is 20.8 Å². The van der Waals surface area contributed by atoms with Gasteiger partial charge in [-0.25, -0.2) is 4.98 Å². The van der Waals surface area contributed by atoms with Gasteiger partial charge in [0.05, 0.1) is 0 Å². The molecule has 0 spiro atoms. The number of aromatic nitrogens is 1. The molecule has 1 heterocycles. The van der Waals surface area contributed by atoms with Crippen molar-refractivity contribution < 1.29 is 9.15 Å². The van der Waals surface area contributed by atoms with Gasteiger partial charge in [0.1, 0.15) is 17.9 Å². The summed E-state index contributed by atoms with van der Waals surface area (Å²) in [6.45, 7) is 8.02. The van der Waals surface area contributed by atoms with Gasteiger partial charge in [-0.15, -0.1) is 0 Å². The molecule has 0 fully saturated rings. The van der Waals surface area contributed by atoms with Crippen LogP contribution in [0.4, 0.5) is 0 Å². The fourth-order valence-electron chi connectivity index (χ4n) is 2.55. The fraction of sp³-hybridized carbons (Fsp3) is 0.316. The summed E-state index contributed by atoms with van der Waals surface area (Å²) in [5.74, 6) is 1.44. The van der Waals surface area contributed by atoms with Crippen LogP contribution in [0.25, 0.3) is 22.6 Å². The molecule has 0 aliphatic rings. The van der Waals surface area contributed by atoms with Crippen LogP contribution in [0.3, 0.4) is 0 Å². The molecule has 24 heavy (non-hydrogen) atoms. The molecule has 5 heteroatoms. The summed E-state index contributed by atoms with van der Waals surface area (Å²) in [4.78, 5) is 6.81. The van der Waals surface area contributed by atoms with E-state index >= 15 is 0 Å². The van der Waals surface area contributed by atoms with E-state index in [-0.39, 0.29) is 0 Å². The zero-order chi connectivity index (χ0) is 16.9. The van der Waals surface area contributed by atoms with Crippen LogP contribution in [0.15, 0.2) is 46.9 Å². The molecular formula is C19H21ClN2O2. The lowest BCUT2D eigenvalue weighted by molar-refractivity contribution is 0.223. The Balaban J connectivity index is 1.67. The van der Waals surface area contributed by atoms with E-state index in [1.54, 1.807) is 12.1 Å². The van der Waals surface area contributed by atoms with Crippen molar-refractivity contribution in [3.8, 4) is 17.2 Å². The van der Waals surface area contributed by atoms with Gasteiger partial charge in [-0.2, -0.15) is 0 Å². The van der Waals surface area contributed by atoms with Gasteiger partial charge in [0.25, 0.3) is 0 Å². The summed E-state index contributed by atoms with van der Waals surface area (Å²) >= 11 is 5.98. The van der Waals surface area contributed by atoms with Crippen molar-refractivity contribution in [2.75, 3.05) is 26.2 Å². The molecule has 0 saturated heterocycles. The summed E-state index contributed by atoms with van der Waals surface area (Å²) in [6, 6.07) is 13.2. The van der Waals surface area contributed by atoms with Crippen molar-refractivity contribution in [3.05, 3.63) is 47.5 Å². The number of ether oxygens (including phenoxy) is 1. The van der Waals surface area contributed by atoms with E-state index in [2.05, 4.69) is 23.7 Å². The maximum Gasteiger partial charge on any atom is 0.227 e. The predicted molar refractivity (Wildman–Crippen MR) is 97.7 cm³/mol. The molecule has 0 saturated carbocycles. The van der Waals surface area contributed by atoms with E-state index in [9.17, 15) is 0 Å². The van der Waals surface area contributed by atoms with Crippen LogP contribution >= 0.6 is 11.6 Å². The summed E-state index contributed by atoms with van der Waals surface area (Å²) in [7, 11) is 0. The molecule has 0 radical (unpaired) electrons. The second-order valence-electron chi connectivity index (χ2n) is 5.53. The smallest absolute Gasteiger partial charge is 0.227 e. The van der Waals surface area contributed by atoms with Crippen molar-refractivity contribution in [3.63, 3.8) is 0 Å². The molecule has 126 valence electrons. The maximum atomic E-state index is 5.98. The molecule has 0 N–H and O–H groups in total. The minimum atomic E-state index is 0.585. The highest BCUT2D eigenvalue weighted by Gasteiger charge is 2.09. The lowest BCUT2D eigenvalue weighted by atomic mass is 10.2. The Hall–Kier alpha value is -2.04. The molecule has 4 nitrogen and oxygen atoms in total. The van der Waals surface area contributed by atoms with Crippen LogP contribution in [0, 0.1) is 0 Å². The largest absolute Gasteiger partial charge is 0.492 e. The molecule has 0 atom stereocenters. The van der Waals surface area contributed by atoms with E-state index in [0.717, 1.165) is 42.0 Å². The van der Waals surface area contributed by atoms with Crippen molar-refractivity contribution in [2.24, 2.45) is 0 Å². The molecule has 3 aromatic rings. The van der Waals surface area contributed by atoms with Gasteiger partial charge in [-0.05, 0) is 55.6 Å². The van der Waals surface area contributed by atoms with Gasteiger partial charge >= 0.3 is 0 Å². The van der Waals surface area contributed by atoms with Gasteiger partial charge in [-0.1, -0.05) is 25.4 Å². The van der Waals surface area contributed by atoms with Gasteiger partial charge in [0.15, 0.2) is 5.58 Å². The van der Waals surface area contributed by atoms with Crippen LogP contribution in [0.2, 0.25) is 5.02 Å². The molecule has 3 rings (SSSR count). The Morgan fingerprint density at radius 1 is 1.08 bits per heavy atom. The Kier molecular flexibility index (Phi) is 5.38. The van der Waals surface area contributed by atoms with Crippen LogP contribution in [0.1, 0.15) is 13.8 Å². The van der Waals surface area contributed by atoms with Gasteiger partial charge < -0.3 is 14.1 Å². The molecule has 0 amide bonds. The first-order valence-electron chi connectivity index (χ1n) is 8.21. The second-order valence-corrected chi connectivity index (χ2v) is 5.97. The number of benzene rings is 2. The summed E-state index contributed by atoms with van der Waals surface area (Å²) in [5, 5.41) is 0.652. The summed E-state index contributed by atoms with van der Waals surface area (Å²) in [6.07, 6.45) is 0. The standard InChI is InChI=1S/C19H21ClN2O2/c1-3-22(4-2)11-12-23-16-8-5-14(6-9-16)19-21-17-13-15(20)7-10-18(17)24-19/h5-10,13H,3-4,11-12H2,1-2H3. The van der Waals surface area contributed by atoms with Crippen LogP contribution in [0.5, 0.6) is 5.75 Å². The van der Waals surface area contributed by atoms with E-state index in [0.29, 0.717) is 17.5 Å². The molecule has 0 unspecified atom stereocenters. The third kappa shape index (κ3) is 3.89. The quantitative estimate of drug-likeness (QED) is 0.613. The van der Waals surface area contributed by atoms with Gasteiger partial charge in [0.2, 0.25) is 5.89 Å². The number of hydrogen-bond donors (Lipinski definition) is 0. The minimum absolute atomic E-state index is 0.585. The third-order valence-corrected chi connectivity index (χ3v) is 4.26. The lowest BCUT2D eigenvalue weighted by Gasteiger charge is -2.17. The maximum absolute atomic E-state index is 5.98. The van der Waals surface area contributed by atoms with Crippen LogP contribution in [-0.4, -0.2) is 36.1 Å². The number of fused-ring (bicyclic) bond motifs is 1. The summed E-state index contributed by atoms with van der Waals surface area (Å²) in [5.41, 5.74) is 2.41. The highest BCUT2D eigenvalue weighted by Crippen LogP contribution is 2.27. The van der Waals surface area contributed by atoms with E-state index in [1.165, 1.54) is 0 Å². The highest BCUT2D eigenvalue weighted by atomic mass is 35.5. The molecule has 0 bridgehead atoms. The first-order valence-corrected chi connectivity index (χ1v) is 8.59. The second kappa shape index (κ2) is 7.69. The van der Waals surface area contributed by atoms with Crippen molar-refractivity contribution >= 4 is 22.7 Å².